The van der Waals surface area contributed by atoms with Crippen LogP contribution in [0.5, 0.6) is 0 Å². The van der Waals surface area contributed by atoms with Gasteiger partial charge in [0.15, 0.2) is 0 Å². The van der Waals surface area contributed by atoms with Gasteiger partial charge >= 0.3 is 0 Å². The Bertz CT molecular complexity index is 407. The van der Waals surface area contributed by atoms with E-state index in [-0.39, 0.29) is 11.9 Å². The Kier molecular flexibility index (Phi) is 5.61. The number of hydrogen-bond donors (Lipinski definition) is 3. The summed E-state index contributed by atoms with van der Waals surface area (Å²) >= 11 is 0. The van der Waals surface area contributed by atoms with Crippen LogP contribution in [0.3, 0.4) is 0 Å². The summed E-state index contributed by atoms with van der Waals surface area (Å²) in [5, 5.41) is 10.8. The van der Waals surface area contributed by atoms with Crippen molar-refractivity contribution in [3.05, 3.63) is 29.3 Å². The number of rotatable bonds is 7. The summed E-state index contributed by atoms with van der Waals surface area (Å²) in [5.74, 6) is 0.0573. The molecule has 0 spiro atoms. The number of para-hydroxylation sites is 1. The molecule has 0 fully saturated rings. The summed E-state index contributed by atoms with van der Waals surface area (Å²) in [4.78, 5) is 0. The van der Waals surface area contributed by atoms with Gasteiger partial charge in [-0.15, -0.1) is 0 Å². The van der Waals surface area contributed by atoms with Gasteiger partial charge < -0.3 is 20.5 Å². The van der Waals surface area contributed by atoms with Crippen LogP contribution in [-0.4, -0.2) is 39.3 Å². The second-order valence-corrected chi connectivity index (χ2v) is 4.11. The van der Waals surface area contributed by atoms with Crippen molar-refractivity contribution in [1.82, 2.24) is 0 Å². The maximum Gasteiger partial charge on any atom is 0.124 e. The molecule has 0 bridgehead atoms. The molecule has 0 heterocycles. The lowest BCUT2D eigenvalue weighted by molar-refractivity contribution is 0.0365. The first-order valence-corrected chi connectivity index (χ1v) is 5.79. The predicted octanol–water partition coefficient (Wildman–Crippen LogP) is 1.35. The Hall–Kier alpha value is -1.59. The highest BCUT2D eigenvalue weighted by atomic mass is 16.5. The average Bonchev–Trinajstić information content (AvgIpc) is 2.35. The van der Waals surface area contributed by atoms with Gasteiger partial charge in [-0.3, -0.25) is 5.41 Å². The number of benzene rings is 1. The normalized spacial score (nSPS) is 12.2. The van der Waals surface area contributed by atoms with Crippen molar-refractivity contribution in [3.8, 4) is 0 Å². The summed E-state index contributed by atoms with van der Waals surface area (Å²) in [6.07, 6.45) is -0.0329. The number of hydrogen-bond acceptors (Lipinski definition) is 4. The van der Waals surface area contributed by atoms with E-state index in [0.717, 1.165) is 11.3 Å². The molecule has 0 amide bonds. The van der Waals surface area contributed by atoms with E-state index in [1.54, 1.807) is 14.2 Å². The van der Waals surface area contributed by atoms with Gasteiger partial charge in [-0.25, -0.2) is 0 Å². The molecule has 0 aliphatic rings. The third-order valence-corrected chi connectivity index (χ3v) is 2.76. The highest BCUT2D eigenvalue weighted by Gasteiger charge is 2.11. The lowest BCUT2D eigenvalue weighted by atomic mass is 10.1. The third-order valence-electron chi connectivity index (χ3n) is 2.76. The standard InChI is InChI=1S/C13H21N3O2/c1-9-5-4-6-11(13(14)15)12(9)16-7-10(18-3)8-17-2/h4-6,10,16H,7-8H2,1-3H3,(H3,14,15). The Morgan fingerprint density at radius 3 is 2.72 bits per heavy atom. The van der Waals surface area contributed by atoms with Crippen molar-refractivity contribution in [2.45, 2.75) is 13.0 Å². The Morgan fingerprint density at radius 1 is 1.44 bits per heavy atom. The lowest BCUT2D eigenvalue weighted by Crippen LogP contribution is -2.28. The topological polar surface area (TPSA) is 80.4 Å². The molecule has 1 aromatic rings. The van der Waals surface area contributed by atoms with E-state index in [2.05, 4.69) is 5.32 Å². The molecule has 1 aromatic carbocycles. The molecule has 100 valence electrons. The first-order valence-electron chi connectivity index (χ1n) is 5.79. The summed E-state index contributed by atoms with van der Waals surface area (Å²) in [6.45, 7) is 3.10. The fourth-order valence-electron chi connectivity index (χ4n) is 1.74. The number of ether oxygens (including phenoxy) is 2. The van der Waals surface area contributed by atoms with E-state index in [0.29, 0.717) is 18.7 Å². The number of anilines is 1. The van der Waals surface area contributed by atoms with Crippen LogP contribution >= 0.6 is 0 Å². The van der Waals surface area contributed by atoms with Gasteiger partial charge in [0.05, 0.1) is 12.7 Å². The van der Waals surface area contributed by atoms with Crippen molar-refractivity contribution < 1.29 is 9.47 Å². The second kappa shape index (κ2) is 6.98. The van der Waals surface area contributed by atoms with Crippen molar-refractivity contribution in [2.75, 3.05) is 32.7 Å². The van der Waals surface area contributed by atoms with E-state index < -0.39 is 0 Å². The van der Waals surface area contributed by atoms with E-state index >= 15 is 0 Å². The first-order chi connectivity index (χ1) is 8.60. The van der Waals surface area contributed by atoms with Gasteiger partial charge in [0.1, 0.15) is 5.84 Å². The minimum absolute atomic E-state index is 0.0329. The van der Waals surface area contributed by atoms with Gasteiger partial charge in [-0.2, -0.15) is 0 Å². The van der Waals surface area contributed by atoms with Crippen LogP contribution in [0.15, 0.2) is 18.2 Å². The maximum atomic E-state index is 7.57. The number of aryl methyl sites for hydroxylation is 1. The summed E-state index contributed by atoms with van der Waals surface area (Å²) < 4.78 is 10.3. The molecule has 0 saturated heterocycles. The van der Waals surface area contributed by atoms with Crippen LogP contribution in [0.25, 0.3) is 0 Å². The number of nitrogens with two attached hydrogens (primary N) is 1. The molecule has 0 radical (unpaired) electrons. The monoisotopic (exact) mass is 251 g/mol. The minimum Gasteiger partial charge on any atom is -0.384 e. The third kappa shape index (κ3) is 3.72. The number of amidine groups is 1. The highest BCUT2D eigenvalue weighted by Crippen LogP contribution is 2.20. The van der Waals surface area contributed by atoms with Crippen molar-refractivity contribution >= 4 is 11.5 Å². The number of methoxy groups -OCH3 is 2. The molecule has 0 aliphatic carbocycles. The van der Waals surface area contributed by atoms with Gasteiger partial charge in [0, 0.05) is 32.0 Å². The molecular formula is C13H21N3O2. The van der Waals surface area contributed by atoms with Crippen LogP contribution in [0.4, 0.5) is 5.69 Å². The van der Waals surface area contributed by atoms with E-state index in [1.807, 2.05) is 25.1 Å². The SMILES string of the molecule is COCC(CNc1c(C)cccc1C(=N)N)OC. The zero-order valence-electron chi connectivity index (χ0n) is 11.1. The van der Waals surface area contributed by atoms with E-state index in [9.17, 15) is 0 Å². The fraction of sp³-hybridized carbons (Fsp3) is 0.462. The number of nitrogens with one attached hydrogen (secondary N) is 2. The smallest absolute Gasteiger partial charge is 0.124 e. The molecular weight excluding hydrogens is 230 g/mol. The largest absolute Gasteiger partial charge is 0.384 e. The zero-order valence-corrected chi connectivity index (χ0v) is 11.1. The lowest BCUT2D eigenvalue weighted by Gasteiger charge is -2.19. The Labute approximate surface area is 108 Å². The Morgan fingerprint density at radius 2 is 2.17 bits per heavy atom. The number of nitrogen functional groups attached to an aromatic ring is 1. The van der Waals surface area contributed by atoms with Gasteiger partial charge in [0.2, 0.25) is 0 Å². The van der Waals surface area contributed by atoms with E-state index in [4.69, 9.17) is 20.6 Å². The average molecular weight is 251 g/mol. The molecule has 1 rings (SSSR count). The molecule has 0 aliphatic heterocycles. The molecule has 1 atom stereocenters. The molecule has 18 heavy (non-hydrogen) atoms. The molecule has 0 aromatic heterocycles. The van der Waals surface area contributed by atoms with Crippen LogP contribution in [0.2, 0.25) is 0 Å². The summed E-state index contributed by atoms with van der Waals surface area (Å²) in [7, 11) is 3.29. The van der Waals surface area contributed by atoms with Gasteiger partial charge in [-0.05, 0) is 18.6 Å². The van der Waals surface area contributed by atoms with E-state index in [1.165, 1.54) is 0 Å². The first kappa shape index (κ1) is 14.5. The molecule has 5 heteroatoms. The van der Waals surface area contributed by atoms with Crippen molar-refractivity contribution in [2.24, 2.45) is 5.73 Å². The molecule has 4 N–H and O–H groups in total. The van der Waals surface area contributed by atoms with Crippen molar-refractivity contribution in [3.63, 3.8) is 0 Å². The van der Waals surface area contributed by atoms with Gasteiger partial charge in [-0.1, -0.05) is 12.1 Å². The zero-order chi connectivity index (χ0) is 13.5. The van der Waals surface area contributed by atoms with Crippen molar-refractivity contribution in [1.29, 1.82) is 5.41 Å². The molecule has 5 nitrogen and oxygen atoms in total. The van der Waals surface area contributed by atoms with Crippen LogP contribution in [-0.2, 0) is 9.47 Å². The summed E-state index contributed by atoms with van der Waals surface area (Å²) in [6, 6.07) is 5.70. The van der Waals surface area contributed by atoms with Crippen LogP contribution in [0, 0.1) is 12.3 Å². The predicted molar refractivity (Wildman–Crippen MR) is 73.4 cm³/mol. The van der Waals surface area contributed by atoms with Crippen LogP contribution in [0.1, 0.15) is 11.1 Å². The maximum absolute atomic E-state index is 7.57. The highest BCUT2D eigenvalue weighted by molar-refractivity contribution is 6.00. The second-order valence-electron chi connectivity index (χ2n) is 4.11. The fourth-order valence-corrected chi connectivity index (χ4v) is 1.74. The van der Waals surface area contributed by atoms with Crippen LogP contribution < -0.4 is 11.1 Å². The van der Waals surface area contributed by atoms with Gasteiger partial charge in [0.25, 0.3) is 0 Å². The Balaban J connectivity index is 2.80. The quantitative estimate of drug-likeness (QED) is 0.505. The minimum atomic E-state index is -0.0329. The molecule has 0 saturated carbocycles. The summed E-state index contributed by atoms with van der Waals surface area (Å²) in [5.41, 5.74) is 8.21. The molecule has 1 unspecified atom stereocenters.